The summed E-state index contributed by atoms with van der Waals surface area (Å²) in [7, 11) is 0. The molecule has 0 saturated carbocycles. The third-order valence-electron chi connectivity index (χ3n) is 3.82. The molecule has 4 nitrogen and oxygen atoms in total. The molecule has 0 fully saturated rings. The van der Waals surface area contributed by atoms with Crippen molar-refractivity contribution in [2.24, 2.45) is 0 Å². The Morgan fingerprint density at radius 2 is 1.96 bits per heavy atom. The molecule has 5 heteroatoms. The van der Waals surface area contributed by atoms with Gasteiger partial charge in [0.25, 0.3) is 5.91 Å². The molecule has 1 heterocycles. The second-order valence-electron chi connectivity index (χ2n) is 5.57. The molecule has 0 bridgehead atoms. The van der Waals surface area contributed by atoms with Crippen LogP contribution in [-0.2, 0) is 0 Å². The maximum Gasteiger partial charge on any atom is 0.287 e. The molecule has 0 aliphatic rings. The molecular formula is C19H18ClNO3. The predicted octanol–water partition coefficient (Wildman–Crippen LogP) is 4.51. The number of benzene rings is 2. The number of nitrogens with one attached hydrogen (secondary N) is 1. The molecule has 0 radical (unpaired) electrons. The number of halogens is 1. The normalized spacial score (nSPS) is 10.8. The summed E-state index contributed by atoms with van der Waals surface area (Å²) >= 11 is 6.15. The number of amides is 1. The van der Waals surface area contributed by atoms with Crippen LogP contribution in [-0.4, -0.2) is 19.1 Å². The van der Waals surface area contributed by atoms with Gasteiger partial charge in [-0.25, -0.2) is 0 Å². The van der Waals surface area contributed by atoms with Crippen molar-refractivity contribution in [2.45, 2.75) is 13.8 Å². The van der Waals surface area contributed by atoms with Crippen molar-refractivity contribution in [1.82, 2.24) is 5.32 Å². The summed E-state index contributed by atoms with van der Waals surface area (Å²) in [5.41, 5.74) is 2.37. The van der Waals surface area contributed by atoms with Crippen molar-refractivity contribution in [3.8, 4) is 5.75 Å². The third-order valence-corrected chi connectivity index (χ3v) is 4.23. The molecule has 0 saturated heterocycles. The zero-order valence-electron chi connectivity index (χ0n) is 13.6. The lowest BCUT2D eigenvalue weighted by atomic mass is 10.1. The van der Waals surface area contributed by atoms with Gasteiger partial charge in [0.05, 0.1) is 6.54 Å². The lowest BCUT2D eigenvalue weighted by Gasteiger charge is -2.06. The zero-order valence-corrected chi connectivity index (χ0v) is 14.3. The molecule has 3 aromatic rings. The third kappa shape index (κ3) is 3.39. The van der Waals surface area contributed by atoms with E-state index >= 15 is 0 Å². The van der Waals surface area contributed by atoms with E-state index in [0.29, 0.717) is 29.5 Å². The number of carbonyl (C=O) groups excluding carboxylic acids is 1. The average Bonchev–Trinajstić information content (AvgIpc) is 2.89. The second kappa shape index (κ2) is 6.97. The fraction of sp³-hybridized carbons (Fsp3) is 0.211. The quantitative estimate of drug-likeness (QED) is 0.693. The number of furan rings is 1. The van der Waals surface area contributed by atoms with Gasteiger partial charge in [0, 0.05) is 16.0 Å². The minimum absolute atomic E-state index is 0.255. The van der Waals surface area contributed by atoms with Gasteiger partial charge in [-0.05, 0) is 43.7 Å². The Bertz CT molecular complexity index is 871. The van der Waals surface area contributed by atoms with Gasteiger partial charge in [-0.15, -0.1) is 0 Å². The molecule has 0 unspecified atom stereocenters. The van der Waals surface area contributed by atoms with Crippen molar-refractivity contribution < 1.29 is 13.9 Å². The lowest BCUT2D eigenvalue weighted by molar-refractivity contribution is 0.0920. The van der Waals surface area contributed by atoms with Gasteiger partial charge in [-0.1, -0.05) is 29.8 Å². The molecule has 0 atom stereocenters. The minimum Gasteiger partial charge on any atom is -0.492 e. The van der Waals surface area contributed by atoms with Crippen molar-refractivity contribution >= 4 is 28.5 Å². The summed E-state index contributed by atoms with van der Waals surface area (Å²) in [5.74, 6) is 0.831. The summed E-state index contributed by atoms with van der Waals surface area (Å²) in [6, 6.07) is 13.2. The molecule has 1 amide bonds. The first kappa shape index (κ1) is 16.4. The molecule has 3 rings (SSSR count). The van der Waals surface area contributed by atoms with E-state index in [0.717, 1.165) is 22.3 Å². The maximum atomic E-state index is 12.3. The van der Waals surface area contributed by atoms with Crippen molar-refractivity contribution in [2.75, 3.05) is 13.2 Å². The predicted molar refractivity (Wildman–Crippen MR) is 95.0 cm³/mol. The van der Waals surface area contributed by atoms with E-state index in [1.807, 2.05) is 56.3 Å². The van der Waals surface area contributed by atoms with Crippen LogP contribution < -0.4 is 10.1 Å². The van der Waals surface area contributed by atoms with Gasteiger partial charge < -0.3 is 14.5 Å². The molecule has 1 aromatic heterocycles. The first-order valence-electron chi connectivity index (χ1n) is 7.71. The number of ether oxygens (including phenoxy) is 1. The summed E-state index contributed by atoms with van der Waals surface area (Å²) < 4.78 is 11.3. The van der Waals surface area contributed by atoms with E-state index in [2.05, 4.69) is 5.32 Å². The highest BCUT2D eigenvalue weighted by molar-refractivity contribution is 6.32. The molecule has 124 valence electrons. The van der Waals surface area contributed by atoms with Crippen molar-refractivity contribution in [1.29, 1.82) is 0 Å². The van der Waals surface area contributed by atoms with E-state index in [1.165, 1.54) is 0 Å². The number of rotatable bonds is 5. The van der Waals surface area contributed by atoms with Crippen LogP contribution in [0, 0.1) is 13.8 Å². The van der Waals surface area contributed by atoms with Crippen LogP contribution in [0.2, 0.25) is 5.02 Å². The van der Waals surface area contributed by atoms with E-state index in [4.69, 9.17) is 20.8 Å². The van der Waals surface area contributed by atoms with Crippen LogP contribution in [0.15, 0.2) is 46.9 Å². The Balaban J connectivity index is 1.65. The topological polar surface area (TPSA) is 51.5 Å². The van der Waals surface area contributed by atoms with E-state index in [-0.39, 0.29) is 5.91 Å². The van der Waals surface area contributed by atoms with E-state index in [1.54, 1.807) is 0 Å². The maximum absolute atomic E-state index is 12.3. The zero-order chi connectivity index (χ0) is 17.1. The summed E-state index contributed by atoms with van der Waals surface area (Å²) in [6.45, 7) is 4.54. The van der Waals surface area contributed by atoms with E-state index < -0.39 is 0 Å². The molecule has 0 aliphatic carbocycles. The fourth-order valence-corrected chi connectivity index (χ4v) is 2.65. The van der Waals surface area contributed by atoms with Crippen LogP contribution in [0.1, 0.15) is 21.7 Å². The van der Waals surface area contributed by atoms with Gasteiger partial charge >= 0.3 is 0 Å². The number of aryl methyl sites for hydroxylation is 2. The summed E-state index contributed by atoms with van der Waals surface area (Å²) in [6.07, 6.45) is 0. The first-order chi connectivity index (χ1) is 11.6. The highest BCUT2D eigenvalue weighted by Crippen LogP contribution is 2.30. The molecule has 24 heavy (non-hydrogen) atoms. The number of fused-ring (bicyclic) bond motifs is 1. The molecule has 0 spiro atoms. The Kier molecular flexibility index (Phi) is 4.76. The molecular weight excluding hydrogens is 326 g/mol. The first-order valence-corrected chi connectivity index (χ1v) is 8.09. The Labute approximate surface area is 145 Å². The van der Waals surface area contributed by atoms with Gasteiger partial charge in [0.15, 0.2) is 5.76 Å². The largest absolute Gasteiger partial charge is 0.492 e. The Morgan fingerprint density at radius 1 is 1.21 bits per heavy atom. The van der Waals surface area contributed by atoms with Crippen LogP contribution in [0.5, 0.6) is 5.75 Å². The highest BCUT2D eigenvalue weighted by Gasteiger charge is 2.18. The van der Waals surface area contributed by atoms with Crippen molar-refractivity contribution in [3.05, 3.63) is 64.4 Å². The van der Waals surface area contributed by atoms with Gasteiger partial charge in [-0.3, -0.25) is 4.79 Å². The number of para-hydroxylation sites is 1. The monoisotopic (exact) mass is 343 g/mol. The smallest absolute Gasteiger partial charge is 0.287 e. The summed E-state index contributed by atoms with van der Waals surface area (Å²) in [5, 5.41) is 4.33. The Morgan fingerprint density at radius 3 is 2.71 bits per heavy atom. The van der Waals surface area contributed by atoms with Gasteiger partial charge in [0.2, 0.25) is 0 Å². The SMILES string of the molecule is Cc1cc2oc(C(=O)NCCOc3ccccc3)c(C)c2cc1Cl. The minimum atomic E-state index is -0.255. The number of hydrogen-bond acceptors (Lipinski definition) is 3. The van der Waals surface area contributed by atoms with Crippen LogP contribution in [0.4, 0.5) is 0 Å². The van der Waals surface area contributed by atoms with Crippen molar-refractivity contribution in [3.63, 3.8) is 0 Å². The average molecular weight is 344 g/mol. The van der Waals surface area contributed by atoms with Crippen LogP contribution >= 0.6 is 11.6 Å². The summed E-state index contributed by atoms with van der Waals surface area (Å²) in [4.78, 5) is 12.3. The molecule has 0 aliphatic heterocycles. The Hall–Kier alpha value is -2.46. The second-order valence-corrected chi connectivity index (χ2v) is 5.98. The fourth-order valence-electron chi connectivity index (χ4n) is 2.49. The van der Waals surface area contributed by atoms with Gasteiger partial charge in [-0.2, -0.15) is 0 Å². The lowest BCUT2D eigenvalue weighted by Crippen LogP contribution is -2.28. The number of carbonyl (C=O) groups is 1. The molecule has 1 N–H and O–H groups in total. The highest BCUT2D eigenvalue weighted by atomic mass is 35.5. The van der Waals surface area contributed by atoms with Gasteiger partial charge in [0.1, 0.15) is 17.9 Å². The molecule has 2 aromatic carbocycles. The number of hydrogen-bond donors (Lipinski definition) is 1. The van der Waals surface area contributed by atoms with Crippen LogP contribution in [0.25, 0.3) is 11.0 Å². The van der Waals surface area contributed by atoms with E-state index in [9.17, 15) is 4.79 Å². The van der Waals surface area contributed by atoms with Crippen LogP contribution in [0.3, 0.4) is 0 Å². The standard InChI is InChI=1S/C19H18ClNO3/c1-12-10-17-15(11-16(12)20)13(2)18(24-17)19(22)21-8-9-23-14-6-4-3-5-7-14/h3-7,10-11H,8-9H2,1-2H3,(H,21,22).